The first-order valence-corrected chi connectivity index (χ1v) is 7.92. The van der Waals surface area contributed by atoms with Gasteiger partial charge in [0.05, 0.1) is 0 Å². The van der Waals surface area contributed by atoms with Gasteiger partial charge < -0.3 is 0 Å². The SMILES string of the molecule is CCCC(C#Cc1ccccc1)c1ccc2ccccc2c1. The minimum Gasteiger partial charge on any atom is -0.0897 e. The van der Waals surface area contributed by atoms with Crippen LogP contribution in [0, 0.1) is 11.8 Å². The van der Waals surface area contributed by atoms with Crippen LogP contribution < -0.4 is 0 Å². The lowest BCUT2D eigenvalue weighted by molar-refractivity contribution is 0.735. The van der Waals surface area contributed by atoms with Gasteiger partial charge in [-0.3, -0.25) is 0 Å². The topological polar surface area (TPSA) is 0 Å². The maximum Gasteiger partial charge on any atom is 0.0456 e. The van der Waals surface area contributed by atoms with Gasteiger partial charge in [0.15, 0.2) is 0 Å². The zero-order valence-electron chi connectivity index (χ0n) is 12.9. The molecular formula is C22H20. The lowest BCUT2D eigenvalue weighted by atomic mass is 9.93. The van der Waals surface area contributed by atoms with Gasteiger partial charge in [0, 0.05) is 11.5 Å². The van der Waals surface area contributed by atoms with E-state index in [0.29, 0.717) is 5.92 Å². The standard InChI is InChI=1S/C22H20/c1-2-8-19(14-13-18-9-4-3-5-10-18)22-16-15-20-11-6-7-12-21(20)17-22/h3-7,9-12,15-17,19H,2,8H2,1H3. The van der Waals surface area contributed by atoms with E-state index in [1.807, 2.05) is 18.2 Å². The van der Waals surface area contributed by atoms with Crippen LogP contribution in [0.25, 0.3) is 10.8 Å². The fourth-order valence-corrected chi connectivity index (χ4v) is 2.73. The predicted octanol–water partition coefficient (Wildman–Crippen LogP) is 5.78. The summed E-state index contributed by atoms with van der Waals surface area (Å²) in [6, 6.07) is 25.5. The lowest BCUT2D eigenvalue weighted by Gasteiger charge is -2.11. The van der Waals surface area contributed by atoms with Gasteiger partial charge in [0.25, 0.3) is 0 Å². The summed E-state index contributed by atoms with van der Waals surface area (Å²) < 4.78 is 0. The van der Waals surface area contributed by atoms with Crippen LogP contribution in [0.3, 0.4) is 0 Å². The predicted molar refractivity (Wildman–Crippen MR) is 94.9 cm³/mol. The summed E-state index contributed by atoms with van der Waals surface area (Å²) in [5.74, 6) is 7.09. The Morgan fingerprint density at radius 3 is 2.32 bits per heavy atom. The molecule has 0 heteroatoms. The van der Waals surface area contributed by atoms with Crippen molar-refractivity contribution in [2.75, 3.05) is 0 Å². The molecule has 0 saturated heterocycles. The second-order valence-electron chi connectivity index (χ2n) is 5.58. The summed E-state index contributed by atoms with van der Waals surface area (Å²) >= 11 is 0. The molecule has 0 spiro atoms. The van der Waals surface area contributed by atoms with Gasteiger partial charge in [-0.1, -0.05) is 79.8 Å². The van der Waals surface area contributed by atoms with Crippen LogP contribution in [-0.4, -0.2) is 0 Å². The lowest BCUT2D eigenvalue weighted by Crippen LogP contribution is -1.95. The summed E-state index contributed by atoms with van der Waals surface area (Å²) in [5.41, 5.74) is 2.41. The second kappa shape index (κ2) is 6.96. The van der Waals surface area contributed by atoms with E-state index in [0.717, 1.165) is 18.4 Å². The van der Waals surface area contributed by atoms with Gasteiger partial charge in [0.1, 0.15) is 0 Å². The molecule has 0 radical (unpaired) electrons. The molecule has 0 aliphatic carbocycles. The van der Waals surface area contributed by atoms with E-state index < -0.39 is 0 Å². The van der Waals surface area contributed by atoms with Crippen LogP contribution in [0.5, 0.6) is 0 Å². The minimum absolute atomic E-state index is 0.301. The van der Waals surface area contributed by atoms with Gasteiger partial charge in [-0.2, -0.15) is 0 Å². The van der Waals surface area contributed by atoms with Crippen LogP contribution >= 0.6 is 0 Å². The van der Waals surface area contributed by atoms with E-state index in [2.05, 4.69) is 73.4 Å². The Kier molecular flexibility index (Phi) is 4.56. The van der Waals surface area contributed by atoms with E-state index >= 15 is 0 Å². The van der Waals surface area contributed by atoms with Crippen LogP contribution in [0.4, 0.5) is 0 Å². The van der Waals surface area contributed by atoms with E-state index in [1.165, 1.54) is 16.3 Å². The van der Waals surface area contributed by atoms with E-state index in [4.69, 9.17) is 0 Å². The van der Waals surface area contributed by atoms with E-state index in [1.54, 1.807) is 0 Å². The summed E-state index contributed by atoms with van der Waals surface area (Å²) in [5, 5.41) is 2.58. The van der Waals surface area contributed by atoms with Crippen LogP contribution in [0.2, 0.25) is 0 Å². The minimum atomic E-state index is 0.301. The molecule has 0 saturated carbocycles. The molecule has 3 aromatic rings. The van der Waals surface area contributed by atoms with Crippen LogP contribution in [0.1, 0.15) is 36.8 Å². The van der Waals surface area contributed by atoms with E-state index in [-0.39, 0.29) is 0 Å². The molecule has 3 aromatic carbocycles. The highest BCUT2D eigenvalue weighted by molar-refractivity contribution is 5.83. The maximum absolute atomic E-state index is 3.47. The van der Waals surface area contributed by atoms with Crippen molar-refractivity contribution in [3.8, 4) is 11.8 Å². The molecule has 0 amide bonds. The Balaban J connectivity index is 1.94. The number of fused-ring (bicyclic) bond motifs is 1. The van der Waals surface area contributed by atoms with Crippen LogP contribution in [0.15, 0.2) is 72.8 Å². The zero-order valence-corrected chi connectivity index (χ0v) is 12.9. The van der Waals surface area contributed by atoms with Crippen molar-refractivity contribution in [2.45, 2.75) is 25.7 Å². The molecule has 3 rings (SSSR count). The van der Waals surface area contributed by atoms with Crippen molar-refractivity contribution >= 4 is 10.8 Å². The van der Waals surface area contributed by atoms with Gasteiger partial charge in [-0.25, -0.2) is 0 Å². The van der Waals surface area contributed by atoms with Crippen molar-refractivity contribution in [3.05, 3.63) is 83.9 Å². The number of hydrogen-bond acceptors (Lipinski definition) is 0. The maximum atomic E-state index is 3.47. The first-order valence-electron chi connectivity index (χ1n) is 7.92. The summed E-state index contributed by atoms with van der Waals surface area (Å²) in [6.45, 7) is 2.22. The zero-order chi connectivity index (χ0) is 15.2. The first-order chi connectivity index (χ1) is 10.9. The average molecular weight is 284 g/mol. The smallest absolute Gasteiger partial charge is 0.0456 e. The quantitative estimate of drug-likeness (QED) is 0.535. The third-order valence-corrected chi connectivity index (χ3v) is 3.92. The molecule has 0 N–H and O–H groups in total. The van der Waals surface area contributed by atoms with Crippen LogP contribution in [-0.2, 0) is 0 Å². The fraction of sp³-hybridized carbons (Fsp3) is 0.182. The largest absolute Gasteiger partial charge is 0.0897 e. The van der Waals surface area contributed by atoms with Gasteiger partial charge in [-0.15, -0.1) is 0 Å². The number of rotatable bonds is 3. The first kappa shape index (κ1) is 14.4. The molecule has 0 aliphatic rings. The van der Waals surface area contributed by atoms with Crippen molar-refractivity contribution in [2.24, 2.45) is 0 Å². The van der Waals surface area contributed by atoms with Crippen molar-refractivity contribution in [3.63, 3.8) is 0 Å². The molecule has 0 bridgehead atoms. The number of hydrogen-bond donors (Lipinski definition) is 0. The molecule has 108 valence electrons. The molecule has 0 aromatic heterocycles. The summed E-state index contributed by atoms with van der Waals surface area (Å²) in [6.07, 6.45) is 2.24. The summed E-state index contributed by atoms with van der Waals surface area (Å²) in [7, 11) is 0. The Bertz CT molecular complexity index is 803. The molecule has 1 unspecified atom stereocenters. The molecular weight excluding hydrogens is 264 g/mol. The Morgan fingerprint density at radius 1 is 0.818 bits per heavy atom. The van der Waals surface area contributed by atoms with Crippen molar-refractivity contribution in [1.82, 2.24) is 0 Å². The highest BCUT2D eigenvalue weighted by atomic mass is 14.1. The monoisotopic (exact) mass is 284 g/mol. The molecule has 0 heterocycles. The third kappa shape index (κ3) is 3.38. The number of benzene rings is 3. The summed E-state index contributed by atoms with van der Waals surface area (Å²) in [4.78, 5) is 0. The normalized spacial score (nSPS) is 11.7. The molecule has 0 nitrogen and oxygen atoms in total. The van der Waals surface area contributed by atoms with Crippen molar-refractivity contribution < 1.29 is 0 Å². The highest BCUT2D eigenvalue weighted by Gasteiger charge is 2.08. The van der Waals surface area contributed by atoms with Gasteiger partial charge in [0.2, 0.25) is 0 Å². The fourth-order valence-electron chi connectivity index (χ4n) is 2.73. The third-order valence-electron chi connectivity index (χ3n) is 3.92. The Morgan fingerprint density at radius 2 is 1.55 bits per heavy atom. The molecule has 22 heavy (non-hydrogen) atoms. The Hall–Kier alpha value is -2.52. The average Bonchev–Trinajstić information content (AvgIpc) is 2.59. The molecule has 0 aliphatic heterocycles. The molecule has 0 fully saturated rings. The second-order valence-corrected chi connectivity index (χ2v) is 5.58. The molecule has 1 atom stereocenters. The Labute approximate surface area is 132 Å². The van der Waals surface area contributed by atoms with E-state index in [9.17, 15) is 0 Å². The van der Waals surface area contributed by atoms with Crippen molar-refractivity contribution in [1.29, 1.82) is 0 Å². The highest BCUT2D eigenvalue weighted by Crippen LogP contribution is 2.25. The van der Waals surface area contributed by atoms with Gasteiger partial charge in [-0.05, 0) is 41.0 Å². The van der Waals surface area contributed by atoms with Gasteiger partial charge >= 0.3 is 0 Å².